The van der Waals surface area contributed by atoms with E-state index in [1.165, 1.54) is 4.90 Å². The number of benzene rings is 2. The van der Waals surface area contributed by atoms with E-state index in [-0.39, 0.29) is 11.8 Å². The Labute approximate surface area is 224 Å². The zero-order chi connectivity index (χ0) is 27.8. The predicted molar refractivity (Wildman–Crippen MR) is 149 cm³/mol. The average molecular weight is 530 g/mol. The van der Waals surface area contributed by atoms with Gasteiger partial charge in [0.05, 0.1) is 7.11 Å². The third-order valence-electron chi connectivity index (χ3n) is 5.79. The molecule has 0 aliphatic rings. The third-order valence-corrected chi connectivity index (χ3v) is 6.43. The molecule has 0 fully saturated rings. The van der Waals surface area contributed by atoms with E-state index in [9.17, 15) is 14.4 Å². The minimum atomic E-state index is -0.925. The molecule has 2 atom stereocenters. The number of nitrogens with one attached hydrogen (secondary N) is 2. The first-order chi connectivity index (χ1) is 17.4. The molecule has 202 valence electrons. The van der Waals surface area contributed by atoms with Crippen LogP contribution in [0.4, 0.5) is 10.5 Å². The summed E-state index contributed by atoms with van der Waals surface area (Å²) < 4.78 is 10.6. The smallest absolute Gasteiger partial charge is 0.408 e. The van der Waals surface area contributed by atoms with Crippen molar-refractivity contribution in [2.24, 2.45) is 0 Å². The second kappa shape index (κ2) is 13.4. The molecule has 2 unspecified atom stereocenters. The molecule has 2 aromatic rings. The quantitative estimate of drug-likeness (QED) is 0.445. The lowest BCUT2D eigenvalue weighted by Gasteiger charge is -2.32. The summed E-state index contributed by atoms with van der Waals surface area (Å²) in [7, 11) is 3.15. The molecule has 0 heterocycles. The lowest BCUT2D eigenvalue weighted by Crippen LogP contribution is -2.51. The number of amides is 3. The number of nitrogens with zero attached hydrogens (tertiary/aromatic N) is 1. The highest BCUT2D eigenvalue weighted by atomic mass is 32.2. The summed E-state index contributed by atoms with van der Waals surface area (Å²) in [5.41, 5.74) is 2.63. The SMILES string of the molecule is COc1ccc(NC(=O)C(c2ccc(C)c(C)c2)N(C)C(=O)C(CCSC)NC(=O)OC(C)(C)C)cc1. The van der Waals surface area contributed by atoms with Crippen molar-refractivity contribution in [2.75, 3.05) is 31.5 Å². The molecule has 2 N–H and O–H groups in total. The molecule has 0 aromatic heterocycles. The normalized spacial score (nSPS) is 12.8. The number of anilines is 1. The molecule has 9 heteroatoms. The first kappa shape index (κ1) is 30.0. The molecule has 0 radical (unpaired) electrons. The number of alkyl carbamates (subject to hydrolysis) is 1. The molecular weight excluding hydrogens is 490 g/mol. The first-order valence-corrected chi connectivity index (χ1v) is 13.5. The zero-order valence-electron chi connectivity index (χ0n) is 23.0. The number of likely N-dealkylation sites (N-methyl/N-ethyl adjacent to an activating group) is 1. The number of hydrogen-bond acceptors (Lipinski definition) is 6. The van der Waals surface area contributed by atoms with Gasteiger partial charge in [0.25, 0.3) is 5.91 Å². The van der Waals surface area contributed by atoms with Crippen molar-refractivity contribution < 1.29 is 23.9 Å². The van der Waals surface area contributed by atoms with Crippen LogP contribution in [-0.4, -0.2) is 60.6 Å². The summed E-state index contributed by atoms with van der Waals surface area (Å²) in [6, 6.07) is 10.9. The molecule has 0 spiro atoms. The summed E-state index contributed by atoms with van der Waals surface area (Å²) in [6.45, 7) is 9.23. The van der Waals surface area contributed by atoms with E-state index in [2.05, 4.69) is 10.6 Å². The van der Waals surface area contributed by atoms with Gasteiger partial charge in [-0.15, -0.1) is 0 Å². The van der Waals surface area contributed by atoms with Crippen LogP contribution < -0.4 is 15.4 Å². The molecule has 37 heavy (non-hydrogen) atoms. The van der Waals surface area contributed by atoms with E-state index in [0.29, 0.717) is 29.2 Å². The van der Waals surface area contributed by atoms with Gasteiger partial charge in [0.2, 0.25) is 5.91 Å². The van der Waals surface area contributed by atoms with Crippen molar-refractivity contribution in [2.45, 2.75) is 58.7 Å². The van der Waals surface area contributed by atoms with Crippen LogP contribution in [0.1, 0.15) is 49.9 Å². The molecule has 0 aliphatic carbocycles. The highest BCUT2D eigenvalue weighted by Gasteiger charge is 2.34. The van der Waals surface area contributed by atoms with Crippen molar-refractivity contribution in [3.05, 3.63) is 59.2 Å². The van der Waals surface area contributed by atoms with Gasteiger partial charge >= 0.3 is 6.09 Å². The third kappa shape index (κ3) is 9.00. The number of carbonyl (C=O) groups is 3. The maximum absolute atomic E-state index is 13.7. The summed E-state index contributed by atoms with van der Waals surface area (Å²) in [5, 5.41) is 5.62. The van der Waals surface area contributed by atoms with Gasteiger partial charge in [-0.2, -0.15) is 11.8 Å². The number of hydrogen-bond donors (Lipinski definition) is 2. The maximum Gasteiger partial charge on any atom is 0.408 e. The number of rotatable bonds is 10. The average Bonchev–Trinajstić information content (AvgIpc) is 2.82. The van der Waals surface area contributed by atoms with Crippen LogP contribution in [0.2, 0.25) is 0 Å². The number of aryl methyl sites for hydroxylation is 2. The van der Waals surface area contributed by atoms with Crippen LogP contribution in [0.5, 0.6) is 5.75 Å². The van der Waals surface area contributed by atoms with Gasteiger partial charge in [-0.3, -0.25) is 9.59 Å². The monoisotopic (exact) mass is 529 g/mol. The van der Waals surface area contributed by atoms with E-state index < -0.39 is 23.8 Å². The molecule has 3 amide bonds. The minimum absolute atomic E-state index is 0.370. The first-order valence-electron chi connectivity index (χ1n) is 12.1. The summed E-state index contributed by atoms with van der Waals surface area (Å²) in [4.78, 5) is 41.2. The van der Waals surface area contributed by atoms with Crippen molar-refractivity contribution in [3.63, 3.8) is 0 Å². The van der Waals surface area contributed by atoms with Crippen LogP contribution in [0.25, 0.3) is 0 Å². The highest BCUT2D eigenvalue weighted by Crippen LogP contribution is 2.26. The Morgan fingerprint density at radius 1 is 1.03 bits per heavy atom. The molecule has 0 bridgehead atoms. The minimum Gasteiger partial charge on any atom is -0.497 e. The fourth-order valence-electron chi connectivity index (χ4n) is 3.69. The lowest BCUT2D eigenvalue weighted by atomic mass is 9.98. The molecule has 0 aliphatic heterocycles. The van der Waals surface area contributed by atoms with Gasteiger partial charge in [0.1, 0.15) is 23.4 Å². The van der Waals surface area contributed by atoms with Crippen LogP contribution in [0.3, 0.4) is 0 Å². The van der Waals surface area contributed by atoms with E-state index in [4.69, 9.17) is 9.47 Å². The van der Waals surface area contributed by atoms with Crippen molar-refractivity contribution in [1.29, 1.82) is 0 Å². The van der Waals surface area contributed by atoms with Gasteiger partial charge in [0, 0.05) is 12.7 Å². The van der Waals surface area contributed by atoms with Gasteiger partial charge in [-0.05, 0) is 94.0 Å². The van der Waals surface area contributed by atoms with Gasteiger partial charge in [-0.1, -0.05) is 18.2 Å². The molecule has 2 rings (SSSR count). The molecular formula is C28H39N3O5S. The molecule has 0 saturated heterocycles. The summed E-state index contributed by atoms with van der Waals surface area (Å²) in [5.74, 6) is 0.561. The van der Waals surface area contributed by atoms with Gasteiger partial charge < -0.3 is 25.0 Å². The van der Waals surface area contributed by atoms with E-state index >= 15 is 0 Å². The van der Waals surface area contributed by atoms with Crippen LogP contribution in [-0.2, 0) is 14.3 Å². The van der Waals surface area contributed by atoms with E-state index in [1.807, 2.05) is 38.3 Å². The molecule has 0 saturated carbocycles. The Morgan fingerprint density at radius 2 is 1.68 bits per heavy atom. The Kier molecular flexibility index (Phi) is 10.9. The largest absolute Gasteiger partial charge is 0.497 e. The number of methoxy groups -OCH3 is 1. The topological polar surface area (TPSA) is 97.0 Å². The number of thioether (sulfide) groups is 1. The zero-order valence-corrected chi connectivity index (χ0v) is 23.8. The Hall–Kier alpha value is -3.20. The Bertz CT molecular complexity index is 1080. The maximum atomic E-state index is 13.7. The second-order valence-electron chi connectivity index (χ2n) is 9.89. The van der Waals surface area contributed by atoms with Crippen molar-refractivity contribution >= 4 is 35.4 Å². The van der Waals surface area contributed by atoms with Gasteiger partial charge in [-0.25, -0.2) is 4.79 Å². The lowest BCUT2D eigenvalue weighted by molar-refractivity contribution is -0.139. The number of carbonyl (C=O) groups excluding carboxylic acids is 3. The number of ether oxygens (including phenoxy) is 2. The van der Waals surface area contributed by atoms with Crippen molar-refractivity contribution in [3.8, 4) is 5.75 Å². The highest BCUT2D eigenvalue weighted by molar-refractivity contribution is 7.98. The van der Waals surface area contributed by atoms with Crippen LogP contribution in [0.15, 0.2) is 42.5 Å². The fraction of sp³-hybridized carbons (Fsp3) is 0.464. The van der Waals surface area contributed by atoms with Gasteiger partial charge in [0.15, 0.2) is 0 Å². The van der Waals surface area contributed by atoms with Crippen LogP contribution in [0, 0.1) is 13.8 Å². The van der Waals surface area contributed by atoms with Crippen molar-refractivity contribution in [1.82, 2.24) is 10.2 Å². The molecule has 2 aromatic carbocycles. The molecule has 8 nitrogen and oxygen atoms in total. The van der Waals surface area contributed by atoms with Crippen LogP contribution >= 0.6 is 11.8 Å². The second-order valence-corrected chi connectivity index (χ2v) is 10.9. The predicted octanol–water partition coefficient (Wildman–Crippen LogP) is 5.10. The van der Waals surface area contributed by atoms with E-state index in [0.717, 1.165) is 11.1 Å². The summed E-state index contributed by atoms with van der Waals surface area (Å²) in [6.07, 6.45) is 1.65. The fourth-order valence-corrected chi connectivity index (χ4v) is 4.16. The Balaban J connectivity index is 2.38. The summed E-state index contributed by atoms with van der Waals surface area (Å²) >= 11 is 1.57. The Morgan fingerprint density at radius 3 is 2.22 bits per heavy atom. The van der Waals surface area contributed by atoms with E-state index in [1.54, 1.807) is 71.0 Å². The standard InChI is InChI=1S/C28H39N3O5S/c1-18-9-10-20(17-19(18)2)24(25(32)29-21-11-13-22(35-7)14-12-21)31(6)26(33)23(15-16-37-8)30-27(34)36-28(3,4)5/h9-14,17,23-24H,15-16H2,1-8H3,(H,29,32)(H,30,34).